The number of alkyl halides is 1. The van der Waals surface area contributed by atoms with Gasteiger partial charge in [0.2, 0.25) is 0 Å². The highest BCUT2D eigenvalue weighted by atomic mass is 32.1. The normalized spacial score (nSPS) is 21.3. The van der Waals surface area contributed by atoms with Crippen LogP contribution in [0.25, 0.3) is 16.3 Å². The van der Waals surface area contributed by atoms with Crippen LogP contribution in [0.3, 0.4) is 0 Å². The molecule has 2 amide bonds. The van der Waals surface area contributed by atoms with E-state index < -0.39 is 18.1 Å². The Morgan fingerprint density at radius 2 is 2.09 bits per heavy atom. The number of pyridine rings is 1. The number of aromatic carboxylic acids is 1. The summed E-state index contributed by atoms with van der Waals surface area (Å²) in [5, 5.41) is 14.7. The lowest BCUT2D eigenvalue weighted by Gasteiger charge is -2.29. The van der Waals surface area contributed by atoms with E-state index in [0.29, 0.717) is 23.7 Å². The largest absolute Gasteiger partial charge is 0.478 e. The number of fused-ring (bicyclic) bond motifs is 1. The third-order valence-corrected chi connectivity index (χ3v) is 7.35. The number of amides is 2. The Kier molecular flexibility index (Phi) is 6.06. The highest BCUT2D eigenvalue weighted by Crippen LogP contribution is 2.44. The quantitative estimate of drug-likeness (QED) is 0.543. The Morgan fingerprint density at radius 1 is 1.29 bits per heavy atom. The van der Waals surface area contributed by atoms with Crippen LogP contribution in [0, 0.1) is 5.92 Å². The number of urea groups is 1. The molecule has 8 nitrogen and oxygen atoms in total. The molecule has 35 heavy (non-hydrogen) atoms. The average molecular weight is 497 g/mol. The number of ether oxygens (including phenoxy) is 1. The fourth-order valence-corrected chi connectivity index (χ4v) is 5.07. The Morgan fingerprint density at radius 3 is 2.77 bits per heavy atom. The molecule has 0 spiro atoms. The van der Waals surface area contributed by atoms with Crippen LogP contribution in [-0.2, 0) is 4.74 Å². The summed E-state index contributed by atoms with van der Waals surface area (Å²) in [5.41, 5.74) is 2.21. The number of rotatable bonds is 6. The van der Waals surface area contributed by atoms with Crippen molar-refractivity contribution in [3.63, 3.8) is 0 Å². The number of likely N-dealkylation sites (N-methyl/N-ethyl adjacent to an activating group) is 1. The Balaban J connectivity index is 1.35. The summed E-state index contributed by atoms with van der Waals surface area (Å²) in [5.74, 6) is -0.845. The second-order valence-electron chi connectivity index (χ2n) is 8.87. The lowest BCUT2D eigenvalue weighted by atomic mass is 9.95. The third-order valence-electron chi connectivity index (χ3n) is 6.19. The number of hydrogen-bond acceptors (Lipinski definition) is 6. The van der Waals surface area contributed by atoms with E-state index in [-0.39, 0.29) is 23.4 Å². The minimum atomic E-state index is -1.41. The summed E-state index contributed by atoms with van der Waals surface area (Å²) in [4.78, 5) is 31.2. The Bertz CT molecular complexity index is 1260. The van der Waals surface area contributed by atoms with Crippen molar-refractivity contribution in [3.8, 4) is 10.6 Å². The number of nitrogens with one attached hydrogen (secondary N) is 2. The van der Waals surface area contributed by atoms with Crippen molar-refractivity contribution in [2.75, 3.05) is 18.5 Å². The standard InChI is InChI=1S/C25H25FN4O4S/c1-13-16(29-25(33)28-15-4-5-15)7-8-19(22(13)26)34-20-9-10-30(2)18-11-21(35-23(18)20)17-6-3-14(12-27-17)24(31)32/h3,6-9,11-13,15,22H,4-5,10H2,1-2H3,(H,31,32)(H2,28,29,33). The van der Waals surface area contributed by atoms with Crippen LogP contribution < -0.4 is 15.5 Å². The number of allylic oxidation sites excluding steroid dienone is 4. The number of carboxylic acids is 1. The molecule has 5 rings (SSSR count). The zero-order valence-corrected chi connectivity index (χ0v) is 20.1. The van der Waals surface area contributed by atoms with Crippen LogP contribution in [-0.4, -0.2) is 47.9 Å². The van der Waals surface area contributed by atoms with E-state index in [1.54, 1.807) is 25.1 Å². The summed E-state index contributed by atoms with van der Waals surface area (Å²) < 4.78 is 21.4. The Labute approximate surface area is 205 Å². The van der Waals surface area contributed by atoms with Gasteiger partial charge >= 0.3 is 12.0 Å². The van der Waals surface area contributed by atoms with Gasteiger partial charge in [-0.25, -0.2) is 14.0 Å². The molecular formula is C25H25FN4O4S. The van der Waals surface area contributed by atoms with E-state index in [4.69, 9.17) is 9.84 Å². The molecule has 3 aliphatic rings. The fourth-order valence-electron chi connectivity index (χ4n) is 3.91. The van der Waals surface area contributed by atoms with Crippen LogP contribution in [0.5, 0.6) is 0 Å². The smallest absolute Gasteiger partial charge is 0.337 e. The summed E-state index contributed by atoms with van der Waals surface area (Å²) in [6.07, 6.45) is 7.03. The number of nitrogens with zero attached hydrogens (tertiary/aromatic N) is 2. The van der Waals surface area contributed by atoms with Crippen molar-refractivity contribution in [2.45, 2.75) is 32.0 Å². The summed E-state index contributed by atoms with van der Waals surface area (Å²) >= 11 is 1.45. The number of aromatic nitrogens is 1. The molecule has 0 bridgehead atoms. The van der Waals surface area contributed by atoms with Crippen LogP contribution in [0.15, 0.2) is 54.1 Å². The maximum absolute atomic E-state index is 15.3. The lowest BCUT2D eigenvalue weighted by Crippen LogP contribution is -2.40. The number of thiophene rings is 1. The molecule has 182 valence electrons. The monoisotopic (exact) mass is 496 g/mol. The number of hydrogen-bond donors (Lipinski definition) is 3. The van der Waals surface area contributed by atoms with Crippen molar-refractivity contribution in [1.29, 1.82) is 0 Å². The maximum atomic E-state index is 15.3. The predicted octanol–water partition coefficient (Wildman–Crippen LogP) is 4.53. The third kappa shape index (κ3) is 4.79. The summed E-state index contributed by atoms with van der Waals surface area (Å²) in [6, 6.07) is 5.08. The minimum absolute atomic E-state index is 0.121. The highest BCUT2D eigenvalue weighted by molar-refractivity contribution is 7.17. The number of carboxylic acid groups (broad SMARTS) is 1. The van der Waals surface area contributed by atoms with Crippen LogP contribution in [0.1, 0.15) is 35.0 Å². The van der Waals surface area contributed by atoms with Gasteiger partial charge in [-0.3, -0.25) is 4.98 Å². The van der Waals surface area contributed by atoms with Crippen molar-refractivity contribution in [2.24, 2.45) is 5.92 Å². The molecular weight excluding hydrogens is 471 g/mol. The van der Waals surface area contributed by atoms with Crippen molar-refractivity contribution in [1.82, 2.24) is 15.6 Å². The van der Waals surface area contributed by atoms with Gasteiger partial charge in [0.15, 0.2) is 6.17 Å². The van der Waals surface area contributed by atoms with E-state index in [9.17, 15) is 9.59 Å². The van der Waals surface area contributed by atoms with E-state index in [1.165, 1.54) is 23.6 Å². The zero-order chi connectivity index (χ0) is 24.7. The summed E-state index contributed by atoms with van der Waals surface area (Å²) in [7, 11) is 1.96. The van der Waals surface area contributed by atoms with Gasteiger partial charge in [-0.2, -0.15) is 0 Å². The SMILES string of the molecule is CC1C(NC(=O)NC2CC2)=CC=C(OC2=CCN(C)c3cc(-c4ccc(C(=O)O)cn4)sc32)C1F. The lowest BCUT2D eigenvalue weighted by molar-refractivity contribution is 0.0696. The molecule has 3 N–H and O–H groups in total. The van der Waals surface area contributed by atoms with Gasteiger partial charge in [0, 0.05) is 37.4 Å². The van der Waals surface area contributed by atoms with Gasteiger partial charge in [-0.05, 0) is 49.3 Å². The second kappa shape index (κ2) is 9.18. The molecule has 3 heterocycles. The molecule has 2 unspecified atom stereocenters. The molecule has 2 aromatic heterocycles. The van der Waals surface area contributed by atoms with Crippen LogP contribution in [0.4, 0.5) is 14.9 Å². The molecule has 0 saturated heterocycles. The first-order valence-electron chi connectivity index (χ1n) is 11.4. The second-order valence-corrected chi connectivity index (χ2v) is 9.92. The number of carbonyl (C=O) groups excluding carboxylic acids is 1. The van der Waals surface area contributed by atoms with E-state index >= 15 is 4.39 Å². The van der Waals surface area contributed by atoms with Crippen LogP contribution in [0.2, 0.25) is 0 Å². The van der Waals surface area contributed by atoms with Gasteiger partial charge in [0.1, 0.15) is 11.5 Å². The van der Waals surface area contributed by atoms with E-state index in [0.717, 1.165) is 28.3 Å². The summed E-state index contributed by atoms with van der Waals surface area (Å²) in [6.45, 7) is 2.31. The zero-order valence-electron chi connectivity index (χ0n) is 19.2. The highest BCUT2D eigenvalue weighted by Gasteiger charge is 2.32. The molecule has 1 saturated carbocycles. The number of anilines is 1. The van der Waals surface area contributed by atoms with Crippen molar-refractivity contribution < 1.29 is 23.8 Å². The Hall–Kier alpha value is -3.66. The molecule has 2 aromatic rings. The minimum Gasteiger partial charge on any atom is -0.478 e. The predicted molar refractivity (Wildman–Crippen MR) is 132 cm³/mol. The van der Waals surface area contributed by atoms with Gasteiger partial charge < -0.3 is 25.4 Å². The molecule has 0 aromatic carbocycles. The van der Waals surface area contributed by atoms with Crippen molar-refractivity contribution in [3.05, 3.63) is 64.5 Å². The van der Waals surface area contributed by atoms with Gasteiger partial charge in [0.05, 0.1) is 26.7 Å². The van der Waals surface area contributed by atoms with Gasteiger partial charge in [-0.15, -0.1) is 11.3 Å². The molecule has 10 heteroatoms. The first kappa shape index (κ1) is 23.1. The first-order chi connectivity index (χ1) is 16.8. The molecule has 1 fully saturated rings. The number of carbonyl (C=O) groups is 2. The first-order valence-corrected chi connectivity index (χ1v) is 12.2. The molecule has 0 radical (unpaired) electrons. The fraction of sp³-hybridized carbons (Fsp3) is 0.320. The molecule has 2 aliphatic carbocycles. The number of halogens is 1. The van der Waals surface area contributed by atoms with E-state index in [2.05, 4.69) is 20.5 Å². The van der Waals surface area contributed by atoms with E-state index in [1.807, 2.05) is 19.2 Å². The van der Waals surface area contributed by atoms with Crippen LogP contribution >= 0.6 is 11.3 Å². The average Bonchev–Trinajstić information content (AvgIpc) is 3.53. The van der Waals surface area contributed by atoms with Gasteiger partial charge in [-0.1, -0.05) is 6.92 Å². The molecule has 2 atom stereocenters. The maximum Gasteiger partial charge on any atom is 0.337 e. The van der Waals surface area contributed by atoms with Crippen molar-refractivity contribution >= 4 is 34.8 Å². The van der Waals surface area contributed by atoms with Gasteiger partial charge in [0.25, 0.3) is 0 Å². The molecule has 1 aliphatic heterocycles. The topological polar surface area (TPSA) is 104 Å².